The Labute approximate surface area is 107 Å². The first kappa shape index (κ1) is 12.0. The summed E-state index contributed by atoms with van der Waals surface area (Å²) in [6.45, 7) is 5.11. The first-order chi connectivity index (χ1) is 8.04. The van der Waals surface area contributed by atoms with Crippen LogP contribution in [0, 0.1) is 6.92 Å². The summed E-state index contributed by atoms with van der Waals surface area (Å²) in [5, 5.41) is 3.72. The van der Waals surface area contributed by atoms with Crippen molar-refractivity contribution in [3.63, 3.8) is 0 Å². The number of halogens is 2. The minimum Gasteiger partial charge on any atom is -0.293 e. The normalized spacial score (nSPS) is 10.5. The van der Waals surface area contributed by atoms with E-state index in [2.05, 4.69) is 16.8 Å². The molecule has 1 aromatic carbocycles. The van der Waals surface area contributed by atoms with Crippen LogP contribution in [0.5, 0.6) is 0 Å². The van der Waals surface area contributed by atoms with E-state index in [0.29, 0.717) is 27.1 Å². The van der Waals surface area contributed by atoms with E-state index >= 15 is 0 Å². The molecule has 0 aliphatic carbocycles. The predicted octanol–water partition coefficient (Wildman–Crippen LogP) is 3.11. The highest BCUT2D eigenvalue weighted by molar-refractivity contribution is 6.42. The molecule has 0 unspecified atom stereocenters. The van der Waals surface area contributed by atoms with Gasteiger partial charge >= 0.3 is 0 Å². The van der Waals surface area contributed by atoms with Crippen molar-refractivity contribution in [1.29, 1.82) is 0 Å². The zero-order chi connectivity index (χ0) is 12.6. The molecular weight excluding hydrogens is 261 g/mol. The smallest absolute Gasteiger partial charge is 0.293 e. The van der Waals surface area contributed by atoms with E-state index in [1.165, 1.54) is 4.68 Å². The van der Waals surface area contributed by atoms with Crippen molar-refractivity contribution in [1.82, 2.24) is 9.78 Å². The van der Waals surface area contributed by atoms with Crippen molar-refractivity contribution >= 4 is 35.6 Å². The highest BCUT2D eigenvalue weighted by Gasteiger charge is 2.11. The number of H-pyrrole nitrogens is 1. The van der Waals surface area contributed by atoms with Crippen LogP contribution in [0.3, 0.4) is 0 Å². The molecule has 0 saturated heterocycles. The molecule has 88 valence electrons. The van der Waals surface area contributed by atoms with Crippen LogP contribution in [0.15, 0.2) is 28.0 Å². The van der Waals surface area contributed by atoms with E-state index < -0.39 is 0 Å². The Kier molecular flexibility index (Phi) is 3.09. The van der Waals surface area contributed by atoms with Crippen LogP contribution < -0.4 is 5.56 Å². The third kappa shape index (κ3) is 2.01. The number of aliphatic imine (C=N–C) groups is 1. The van der Waals surface area contributed by atoms with Gasteiger partial charge in [0.1, 0.15) is 5.69 Å². The third-order valence-corrected chi connectivity index (χ3v) is 3.10. The van der Waals surface area contributed by atoms with Crippen molar-refractivity contribution in [3.8, 4) is 5.69 Å². The topological polar surface area (TPSA) is 50.1 Å². The molecule has 0 amide bonds. The van der Waals surface area contributed by atoms with Gasteiger partial charge < -0.3 is 0 Å². The van der Waals surface area contributed by atoms with Gasteiger partial charge in [0.15, 0.2) is 0 Å². The Morgan fingerprint density at radius 2 is 2.06 bits per heavy atom. The molecule has 1 N–H and O–H groups in total. The van der Waals surface area contributed by atoms with Gasteiger partial charge in [-0.3, -0.25) is 14.9 Å². The average Bonchev–Trinajstić information content (AvgIpc) is 2.58. The second kappa shape index (κ2) is 4.39. The zero-order valence-corrected chi connectivity index (χ0v) is 10.5. The minimum atomic E-state index is -0.268. The lowest BCUT2D eigenvalue weighted by Crippen LogP contribution is -2.13. The lowest BCUT2D eigenvalue weighted by molar-refractivity contribution is 0.835. The molecule has 0 fully saturated rings. The Balaban J connectivity index is 2.65. The molecule has 6 heteroatoms. The number of aromatic nitrogens is 2. The fraction of sp³-hybridized carbons (Fsp3) is 0.0909. The molecule has 0 aliphatic rings. The fourth-order valence-corrected chi connectivity index (χ4v) is 1.82. The maximum Gasteiger partial charge on any atom is 0.297 e. The van der Waals surface area contributed by atoms with E-state index in [0.717, 1.165) is 0 Å². The summed E-state index contributed by atoms with van der Waals surface area (Å²) >= 11 is 11.7. The van der Waals surface area contributed by atoms with Gasteiger partial charge in [0.25, 0.3) is 5.56 Å². The fourth-order valence-electron chi connectivity index (χ4n) is 1.53. The van der Waals surface area contributed by atoms with Gasteiger partial charge in [-0.2, -0.15) is 0 Å². The van der Waals surface area contributed by atoms with Crippen molar-refractivity contribution in [3.05, 3.63) is 44.3 Å². The van der Waals surface area contributed by atoms with Gasteiger partial charge in [0.05, 0.1) is 21.4 Å². The molecule has 0 atom stereocenters. The van der Waals surface area contributed by atoms with Crippen LogP contribution >= 0.6 is 23.2 Å². The predicted molar refractivity (Wildman–Crippen MR) is 70.4 cm³/mol. The molecule has 1 heterocycles. The number of benzene rings is 1. The van der Waals surface area contributed by atoms with Gasteiger partial charge in [-0.15, -0.1) is 0 Å². The lowest BCUT2D eigenvalue weighted by Gasteiger charge is -2.02. The van der Waals surface area contributed by atoms with Crippen molar-refractivity contribution in [2.24, 2.45) is 4.99 Å². The summed E-state index contributed by atoms with van der Waals surface area (Å²) < 4.78 is 1.35. The van der Waals surface area contributed by atoms with Crippen LogP contribution in [0.2, 0.25) is 10.0 Å². The summed E-state index contributed by atoms with van der Waals surface area (Å²) in [6.07, 6.45) is 0. The number of nitrogens with zero attached hydrogens (tertiary/aromatic N) is 2. The monoisotopic (exact) mass is 269 g/mol. The van der Waals surface area contributed by atoms with E-state index in [9.17, 15) is 4.79 Å². The summed E-state index contributed by atoms with van der Waals surface area (Å²) in [5.41, 5.74) is 1.28. The largest absolute Gasteiger partial charge is 0.297 e. The Morgan fingerprint density at radius 1 is 1.35 bits per heavy atom. The number of aromatic amines is 1. The second-order valence-electron chi connectivity index (χ2n) is 3.48. The van der Waals surface area contributed by atoms with Gasteiger partial charge in [0.2, 0.25) is 0 Å². The van der Waals surface area contributed by atoms with Crippen LogP contribution in [0.1, 0.15) is 5.69 Å². The lowest BCUT2D eigenvalue weighted by atomic mass is 10.3. The average molecular weight is 270 g/mol. The van der Waals surface area contributed by atoms with Gasteiger partial charge in [-0.1, -0.05) is 23.2 Å². The second-order valence-corrected chi connectivity index (χ2v) is 4.30. The summed E-state index contributed by atoms with van der Waals surface area (Å²) in [6, 6.07) is 4.93. The number of nitrogens with one attached hydrogen (secondary N) is 1. The van der Waals surface area contributed by atoms with Crippen molar-refractivity contribution in [2.75, 3.05) is 0 Å². The zero-order valence-electron chi connectivity index (χ0n) is 9.00. The van der Waals surface area contributed by atoms with E-state index in [-0.39, 0.29) is 5.56 Å². The van der Waals surface area contributed by atoms with Crippen molar-refractivity contribution < 1.29 is 0 Å². The molecule has 2 aromatic rings. The molecule has 1 aromatic heterocycles. The van der Waals surface area contributed by atoms with E-state index in [1.54, 1.807) is 25.1 Å². The summed E-state index contributed by atoms with van der Waals surface area (Å²) in [7, 11) is 0. The number of aryl methyl sites for hydroxylation is 1. The molecule has 0 spiro atoms. The molecule has 0 aliphatic heterocycles. The van der Waals surface area contributed by atoms with Crippen LogP contribution in [0.4, 0.5) is 5.69 Å². The van der Waals surface area contributed by atoms with Crippen LogP contribution in [0.25, 0.3) is 5.69 Å². The number of hydrogen-bond donors (Lipinski definition) is 1. The first-order valence-electron chi connectivity index (χ1n) is 4.78. The highest BCUT2D eigenvalue weighted by atomic mass is 35.5. The Morgan fingerprint density at radius 3 is 2.59 bits per heavy atom. The van der Waals surface area contributed by atoms with Crippen LogP contribution in [-0.2, 0) is 0 Å². The molecule has 2 rings (SSSR count). The third-order valence-electron chi connectivity index (χ3n) is 2.36. The Bertz CT molecular complexity index is 643. The van der Waals surface area contributed by atoms with Crippen LogP contribution in [-0.4, -0.2) is 16.5 Å². The maximum absolute atomic E-state index is 11.9. The van der Waals surface area contributed by atoms with Gasteiger partial charge in [-0.05, 0) is 31.8 Å². The highest BCUT2D eigenvalue weighted by Crippen LogP contribution is 2.24. The maximum atomic E-state index is 11.9. The van der Waals surface area contributed by atoms with Gasteiger partial charge in [-0.25, -0.2) is 4.68 Å². The molecule has 0 radical (unpaired) electrons. The summed E-state index contributed by atoms with van der Waals surface area (Å²) in [4.78, 5) is 15.6. The Hall–Kier alpha value is -1.52. The standard InChI is InChI=1S/C11H9Cl2N3O/c1-6-10(14-2)11(17)16(15-6)7-3-4-8(12)9(13)5-7/h3-5,15H,2H2,1H3. The quantitative estimate of drug-likeness (QED) is 0.837. The van der Waals surface area contributed by atoms with E-state index in [4.69, 9.17) is 23.2 Å². The molecule has 17 heavy (non-hydrogen) atoms. The van der Waals surface area contributed by atoms with Crippen molar-refractivity contribution in [2.45, 2.75) is 6.92 Å². The number of hydrogen-bond acceptors (Lipinski definition) is 2. The van der Waals surface area contributed by atoms with Gasteiger partial charge in [0, 0.05) is 0 Å². The molecule has 4 nitrogen and oxygen atoms in total. The van der Waals surface area contributed by atoms with E-state index in [1.807, 2.05) is 0 Å². The number of rotatable bonds is 2. The first-order valence-corrected chi connectivity index (χ1v) is 5.54. The molecular formula is C11H9Cl2N3O. The molecule has 0 saturated carbocycles. The SMILES string of the molecule is C=Nc1c(C)[nH]n(-c2ccc(Cl)c(Cl)c2)c1=O. The summed E-state index contributed by atoms with van der Waals surface area (Å²) in [5.74, 6) is 0. The molecule has 0 bridgehead atoms. The minimum absolute atomic E-state index is 0.268.